The number of nitrogens with zero attached hydrogens (tertiary/aromatic N) is 2. The summed E-state index contributed by atoms with van der Waals surface area (Å²) in [6, 6.07) is 0.498. The van der Waals surface area contributed by atoms with Crippen LogP contribution in [0.1, 0.15) is 37.7 Å². The number of hydrogen-bond donors (Lipinski definition) is 1. The number of hydrogen-bond acceptors (Lipinski definition) is 2. The van der Waals surface area contributed by atoms with Crippen LogP contribution in [0, 0.1) is 25.7 Å². The summed E-state index contributed by atoms with van der Waals surface area (Å²) in [4.78, 5) is 0. The third-order valence-electron chi connectivity index (χ3n) is 2.62. The van der Waals surface area contributed by atoms with Gasteiger partial charge >= 0.3 is 0 Å². The van der Waals surface area contributed by atoms with Crippen molar-refractivity contribution in [1.29, 1.82) is 0 Å². The van der Waals surface area contributed by atoms with Crippen molar-refractivity contribution < 1.29 is 0 Å². The Morgan fingerprint density at radius 2 is 2.06 bits per heavy atom. The molecule has 0 unspecified atom stereocenters. The van der Waals surface area contributed by atoms with Crippen LogP contribution in [0.2, 0.25) is 0 Å². The molecule has 88 valence electrons. The van der Waals surface area contributed by atoms with Crippen molar-refractivity contribution in [3.8, 4) is 11.8 Å². The largest absolute Gasteiger partial charge is 0.310 e. The van der Waals surface area contributed by atoms with E-state index < -0.39 is 0 Å². The van der Waals surface area contributed by atoms with E-state index in [2.05, 4.69) is 50.0 Å². The maximum Gasteiger partial charge on any atom is 0.102 e. The molecule has 3 nitrogen and oxygen atoms in total. The van der Waals surface area contributed by atoms with Crippen molar-refractivity contribution in [2.24, 2.45) is 0 Å². The summed E-state index contributed by atoms with van der Waals surface area (Å²) in [5.41, 5.74) is 3.61. The fourth-order valence-electron chi connectivity index (χ4n) is 1.60. The lowest BCUT2D eigenvalue weighted by Crippen LogP contribution is -2.22. The highest BCUT2D eigenvalue weighted by atomic mass is 15.3. The van der Waals surface area contributed by atoms with Crippen LogP contribution < -0.4 is 5.32 Å². The second-order valence-electron chi connectivity index (χ2n) is 4.27. The number of rotatable bonds is 4. The van der Waals surface area contributed by atoms with E-state index >= 15 is 0 Å². The standard InChI is InChI=1S/C13H21N3/c1-6-7-8-16-12(5)13(11(4)15-16)9-14-10(2)3/h10,14H,8-9H2,1-5H3. The Kier molecular flexibility index (Phi) is 4.57. The molecule has 3 heteroatoms. The Labute approximate surface area is 98.2 Å². The van der Waals surface area contributed by atoms with Gasteiger partial charge in [0.1, 0.15) is 6.54 Å². The molecule has 1 N–H and O–H groups in total. The van der Waals surface area contributed by atoms with E-state index in [9.17, 15) is 0 Å². The van der Waals surface area contributed by atoms with Gasteiger partial charge in [-0.1, -0.05) is 19.8 Å². The van der Waals surface area contributed by atoms with E-state index in [1.54, 1.807) is 0 Å². The first-order chi connectivity index (χ1) is 7.56. The molecule has 0 saturated carbocycles. The minimum absolute atomic E-state index is 0.498. The molecule has 0 aliphatic heterocycles. The molecule has 0 fully saturated rings. The molecule has 0 bridgehead atoms. The minimum Gasteiger partial charge on any atom is -0.310 e. The van der Waals surface area contributed by atoms with Gasteiger partial charge in [-0.25, -0.2) is 0 Å². The predicted molar refractivity (Wildman–Crippen MR) is 67.1 cm³/mol. The van der Waals surface area contributed by atoms with Crippen molar-refractivity contribution >= 4 is 0 Å². The normalized spacial score (nSPS) is 10.4. The van der Waals surface area contributed by atoms with Crippen molar-refractivity contribution in [3.63, 3.8) is 0 Å². The molecule has 0 amide bonds. The maximum absolute atomic E-state index is 4.50. The summed E-state index contributed by atoms with van der Waals surface area (Å²) >= 11 is 0. The zero-order chi connectivity index (χ0) is 12.1. The van der Waals surface area contributed by atoms with Crippen LogP contribution >= 0.6 is 0 Å². The third-order valence-corrected chi connectivity index (χ3v) is 2.62. The van der Waals surface area contributed by atoms with Crippen molar-refractivity contribution in [2.45, 2.75) is 53.8 Å². The van der Waals surface area contributed by atoms with Crippen LogP contribution in [0.25, 0.3) is 0 Å². The third kappa shape index (κ3) is 3.11. The Balaban J connectivity index is 2.83. The summed E-state index contributed by atoms with van der Waals surface area (Å²) in [5, 5.41) is 7.92. The second-order valence-corrected chi connectivity index (χ2v) is 4.27. The Bertz CT molecular complexity index is 405. The topological polar surface area (TPSA) is 29.9 Å². The van der Waals surface area contributed by atoms with Crippen molar-refractivity contribution in [2.75, 3.05) is 0 Å². The Morgan fingerprint density at radius 1 is 1.38 bits per heavy atom. The lowest BCUT2D eigenvalue weighted by Gasteiger charge is -2.08. The molecule has 1 aromatic rings. The number of aromatic nitrogens is 2. The number of aryl methyl sites for hydroxylation is 1. The number of nitrogens with one attached hydrogen (secondary N) is 1. The maximum atomic E-state index is 4.50. The van der Waals surface area contributed by atoms with Crippen LogP contribution in [0.3, 0.4) is 0 Å². The van der Waals surface area contributed by atoms with Gasteiger partial charge in [-0.2, -0.15) is 5.10 Å². The van der Waals surface area contributed by atoms with Crippen LogP contribution in [0.15, 0.2) is 0 Å². The van der Waals surface area contributed by atoms with E-state index in [1.165, 1.54) is 11.3 Å². The molecular formula is C13H21N3. The summed E-state index contributed by atoms with van der Waals surface area (Å²) < 4.78 is 1.98. The molecule has 0 aliphatic rings. The van der Waals surface area contributed by atoms with Gasteiger partial charge in [-0.05, 0) is 20.8 Å². The van der Waals surface area contributed by atoms with Crippen LogP contribution in [0.4, 0.5) is 0 Å². The van der Waals surface area contributed by atoms with Crippen molar-refractivity contribution in [1.82, 2.24) is 15.1 Å². The lowest BCUT2D eigenvalue weighted by atomic mass is 10.2. The zero-order valence-corrected chi connectivity index (χ0v) is 10.9. The highest BCUT2D eigenvalue weighted by molar-refractivity contribution is 5.25. The highest BCUT2D eigenvalue weighted by Gasteiger charge is 2.10. The van der Waals surface area contributed by atoms with E-state index in [1.807, 2.05) is 11.6 Å². The van der Waals surface area contributed by atoms with Gasteiger partial charge in [-0.3, -0.25) is 4.68 Å². The van der Waals surface area contributed by atoms with Gasteiger partial charge in [0.2, 0.25) is 0 Å². The molecule has 0 saturated heterocycles. The van der Waals surface area contributed by atoms with E-state index in [-0.39, 0.29) is 0 Å². The van der Waals surface area contributed by atoms with Crippen LogP contribution in [-0.2, 0) is 13.1 Å². The summed E-state index contributed by atoms with van der Waals surface area (Å²) in [7, 11) is 0. The van der Waals surface area contributed by atoms with Gasteiger partial charge < -0.3 is 5.32 Å². The van der Waals surface area contributed by atoms with Gasteiger partial charge in [0, 0.05) is 23.8 Å². The van der Waals surface area contributed by atoms with Gasteiger partial charge in [-0.15, -0.1) is 5.92 Å². The molecule has 0 spiro atoms. The van der Waals surface area contributed by atoms with Crippen LogP contribution in [0.5, 0.6) is 0 Å². The fourth-order valence-corrected chi connectivity index (χ4v) is 1.60. The smallest absolute Gasteiger partial charge is 0.102 e. The summed E-state index contributed by atoms with van der Waals surface area (Å²) in [6.07, 6.45) is 0. The second kappa shape index (κ2) is 5.72. The highest BCUT2D eigenvalue weighted by Crippen LogP contribution is 2.12. The molecule has 1 heterocycles. The van der Waals surface area contributed by atoms with Gasteiger partial charge in [0.05, 0.1) is 5.69 Å². The fraction of sp³-hybridized carbons (Fsp3) is 0.615. The summed E-state index contributed by atoms with van der Waals surface area (Å²) in [6.45, 7) is 11.9. The molecule has 1 aromatic heterocycles. The van der Waals surface area contributed by atoms with Gasteiger partial charge in [0.25, 0.3) is 0 Å². The first kappa shape index (κ1) is 12.8. The first-order valence-corrected chi connectivity index (χ1v) is 5.72. The molecule has 1 rings (SSSR count). The van der Waals surface area contributed by atoms with Gasteiger partial charge in [0.15, 0.2) is 0 Å². The first-order valence-electron chi connectivity index (χ1n) is 5.72. The molecule has 0 aromatic carbocycles. The molecule has 0 atom stereocenters. The van der Waals surface area contributed by atoms with E-state index in [0.717, 1.165) is 12.2 Å². The molecule has 16 heavy (non-hydrogen) atoms. The molecule has 0 radical (unpaired) electrons. The predicted octanol–water partition coefficient (Wildman–Crippen LogP) is 2.02. The molecular weight excluding hydrogens is 198 g/mol. The lowest BCUT2D eigenvalue weighted by molar-refractivity contribution is 0.585. The molecule has 0 aliphatic carbocycles. The quantitative estimate of drug-likeness (QED) is 0.785. The van der Waals surface area contributed by atoms with Crippen molar-refractivity contribution in [3.05, 3.63) is 17.0 Å². The Hall–Kier alpha value is -1.27. The van der Waals surface area contributed by atoms with E-state index in [0.29, 0.717) is 12.6 Å². The zero-order valence-electron chi connectivity index (χ0n) is 10.9. The summed E-state index contributed by atoms with van der Waals surface area (Å²) in [5.74, 6) is 5.94. The SMILES string of the molecule is CC#CCn1nc(C)c(CNC(C)C)c1C. The monoisotopic (exact) mass is 219 g/mol. The van der Waals surface area contributed by atoms with Crippen LogP contribution in [-0.4, -0.2) is 15.8 Å². The van der Waals surface area contributed by atoms with E-state index in [4.69, 9.17) is 0 Å². The Morgan fingerprint density at radius 3 is 2.62 bits per heavy atom. The average Bonchev–Trinajstić information content (AvgIpc) is 2.48. The average molecular weight is 219 g/mol. The minimum atomic E-state index is 0.498.